The molecule has 118 valence electrons. The number of benzene rings is 1. The first-order valence-corrected chi connectivity index (χ1v) is 8.84. The Kier molecular flexibility index (Phi) is 5.75. The predicted octanol–water partition coefficient (Wildman–Crippen LogP) is 1.39. The highest BCUT2D eigenvalue weighted by molar-refractivity contribution is 7.90. The molecule has 5 nitrogen and oxygen atoms in total. The number of rotatable bonds is 6. The van der Waals surface area contributed by atoms with Crippen molar-refractivity contribution in [1.82, 2.24) is 9.62 Å². The summed E-state index contributed by atoms with van der Waals surface area (Å²) in [6, 6.07) is 10.0. The molecule has 1 aliphatic heterocycles. The largest absolute Gasteiger partial charge is 0.375 e. The SMILES string of the molecule is CNS(=O)(=O)C1CCCN(CC(OC)c2ccccc2)C1. The second-order valence-corrected chi connectivity index (χ2v) is 7.57. The van der Waals surface area contributed by atoms with Crippen molar-refractivity contribution in [2.24, 2.45) is 0 Å². The minimum absolute atomic E-state index is 0.0257. The minimum atomic E-state index is -3.19. The molecule has 0 aromatic heterocycles. The van der Waals surface area contributed by atoms with Crippen LogP contribution in [0, 0.1) is 0 Å². The Hall–Kier alpha value is -0.950. The zero-order chi connectivity index (χ0) is 15.3. The van der Waals surface area contributed by atoms with Crippen LogP contribution in [0.1, 0.15) is 24.5 Å². The van der Waals surface area contributed by atoms with E-state index in [4.69, 9.17) is 4.74 Å². The molecule has 2 unspecified atom stereocenters. The summed E-state index contributed by atoms with van der Waals surface area (Å²) in [5.41, 5.74) is 1.12. The maximum atomic E-state index is 12.0. The zero-order valence-electron chi connectivity index (χ0n) is 12.7. The van der Waals surface area contributed by atoms with Crippen LogP contribution >= 0.6 is 0 Å². The van der Waals surface area contributed by atoms with E-state index >= 15 is 0 Å². The average molecular weight is 312 g/mol. The predicted molar refractivity (Wildman–Crippen MR) is 83.6 cm³/mol. The van der Waals surface area contributed by atoms with Crippen molar-refractivity contribution in [3.05, 3.63) is 35.9 Å². The Balaban J connectivity index is 2.02. The summed E-state index contributed by atoms with van der Waals surface area (Å²) >= 11 is 0. The maximum Gasteiger partial charge on any atom is 0.215 e. The zero-order valence-corrected chi connectivity index (χ0v) is 13.5. The van der Waals surface area contributed by atoms with Crippen LogP contribution in [-0.4, -0.2) is 52.4 Å². The molecule has 1 heterocycles. The van der Waals surface area contributed by atoms with E-state index in [1.165, 1.54) is 7.05 Å². The van der Waals surface area contributed by atoms with E-state index < -0.39 is 10.0 Å². The van der Waals surface area contributed by atoms with Gasteiger partial charge >= 0.3 is 0 Å². The van der Waals surface area contributed by atoms with Gasteiger partial charge in [-0.1, -0.05) is 30.3 Å². The van der Waals surface area contributed by atoms with Crippen LogP contribution in [0.2, 0.25) is 0 Å². The van der Waals surface area contributed by atoms with Gasteiger partial charge < -0.3 is 4.74 Å². The van der Waals surface area contributed by atoms with E-state index in [0.717, 1.165) is 31.5 Å². The van der Waals surface area contributed by atoms with Gasteiger partial charge in [0.1, 0.15) is 0 Å². The average Bonchev–Trinajstić information content (AvgIpc) is 2.53. The molecular weight excluding hydrogens is 288 g/mol. The monoisotopic (exact) mass is 312 g/mol. The van der Waals surface area contributed by atoms with Crippen LogP contribution in [0.15, 0.2) is 30.3 Å². The van der Waals surface area contributed by atoms with Gasteiger partial charge in [-0.15, -0.1) is 0 Å². The van der Waals surface area contributed by atoms with E-state index in [0.29, 0.717) is 6.54 Å². The summed E-state index contributed by atoms with van der Waals surface area (Å²) in [4.78, 5) is 2.18. The number of sulfonamides is 1. The quantitative estimate of drug-likeness (QED) is 0.862. The Morgan fingerprint density at radius 1 is 1.38 bits per heavy atom. The second kappa shape index (κ2) is 7.35. The van der Waals surface area contributed by atoms with Gasteiger partial charge in [0.25, 0.3) is 0 Å². The second-order valence-electron chi connectivity index (χ2n) is 5.41. The van der Waals surface area contributed by atoms with Crippen LogP contribution in [0.4, 0.5) is 0 Å². The van der Waals surface area contributed by atoms with Crippen LogP contribution in [0.25, 0.3) is 0 Å². The fourth-order valence-electron chi connectivity index (χ4n) is 2.82. The fourth-order valence-corrected chi connectivity index (χ4v) is 4.03. The number of ether oxygens (including phenoxy) is 1. The van der Waals surface area contributed by atoms with Gasteiger partial charge in [0.05, 0.1) is 11.4 Å². The molecule has 21 heavy (non-hydrogen) atoms. The summed E-state index contributed by atoms with van der Waals surface area (Å²) in [7, 11) is -0.0136. The number of methoxy groups -OCH3 is 1. The lowest BCUT2D eigenvalue weighted by Crippen LogP contribution is -2.46. The van der Waals surface area contributed by atoms with Crippen molar-refractivity contribution in [1.29, 1.82) is 0 Å². The van der Waals surface area contributed by atoms with Gasteiger partial charge in [0, 0.05) is 20.2 Å². The van der Waals surface area contributed by atoms with E-state index in [1.54, 1.807) is 7.11 Å². The molecule has 1 saturated heterocycles. The van der Waals surface area contributed by atoms with Gasteiger partial charge in [0.2, 0.25) is 10.0 Å². The summed E-state index contributed by atoms with van der Waals surface area (Å²) in [5.74, 6) is 0. The summed E-state index contributed by atoms with van der Waals surface area (Å²) in [6.45, 7) is 2.20. The highest BCUT2D eigenvalue weighted by Crippen LogP contribution is 2.22. The van der Waals surface area contributed by atoms with Crippen LogP contribution in [0.3, 0.4) is 0 Å². The number of piperidine rings is 1. The standard InChI is InChI=1S/C15H24N2O3S/c1-16-21(18,19)14-9-6-10-17(11-14)12-15(20-2)13-7-4-3-5-8-13/h3-5,7-8,14-16H,6,9-12H2,1-2H3. The number of hydrogen-bond acceptors (Lipinski definition) is 4. The van der Waals surface area contributed by atoms with Crippen molar-refractivity contribution in [3.8, 4) is 0 Å². The van der Waals surface area contributed by atoms with Crippen molar-refractivity contribution < 1.29 is 13.2 Å². The van der Waals surface area contributed by atoms with Crippen molar-refractivity contribution in [2.75, 3.05) is 33.8 Å². The first-order valence-electron chi connectivity index (χ1n) is 7.29. The molecule has 1 aliphatic rings. The van der Waals surface area contributed by atoms with Crippen LogP contribution in [0.5, 0.6) is 0 Å². The number of nitrogens with one attached hydrogen (secondary N) is 1. The maximum absolute atomic E-state index is 12.0. The lowest BCUT2D eigenvalue weighted by Gasteiger charge is -2.34. The van der Waals surface area contributed by atoms with Crippen molar-refractivity contribution >= 4 is 10.0 Å². The normalized spacial score (nSPS) is 22.1. The Labute approximate surface area is 127 Å². The third kappa shape index (κ3) is 4.26. The Morgan fingerprint density at radius 2 is 2.10 bits per heavy atom. The third-order valence-electron chi connectivity index (χ3n) is 4.07. The van der Waals surface area contributed by atoms with Gasteiger partial charge in [-0.05, 0) is 32.0 Å². The fraction of sp³-hybridized carbons (Fsp3) is 0.600. The number of hydrogen-bond donors (Lipinski definition) is 1. The molecule has 1 N–H and O–H groups in total. The molecule has 0 spiro atoms. The van der Waals surface area contributed by atoms with E-state index in [-0.39, 0.29) is 11.4 Å². The topological polar surface area (TPSA) is 58.6 Å². The third-order valence-corrected chi connectivity index (χ3v) is 5.90. The molecule has 0 bridgehead atoms. The molecule has 0 aliphatic carbocycles. The summed E-state index contributed by atoms with van der Waals surface area (Å²) < 4.78 is 31.9. The molecule has 0 amide bonds. The van der Waals surface area contributed by atoms with Gasteiger partial charge in [-0.25, -0.2) is 13.1 Å². The van der Waals surface area contributed by atoms with Crippen molar-refractivity contribution in [3.63, 3.8) is 0 Å². The molecule has 1 aromatic rings. The summed E-state index contributed by atoms with van der Waals surface area (Å²) in [5, 5.41) is -0.329. The van der Waals surface area contributed by atoms with E-state index in [2.05, 4.69) is 9.62 Å². The highest BCUT2D eigenvalue weighted by atomic mass is 32.2. The van der Waals surface area contributed by atoms with E-state index in [1.807, 2.05) is 30.3 Å². The van der Waals surface area contributed by atoms with Gasteiger partial charge in [-0.3, -0.25) is 4.90 Å². The van der Waals surface area contributed by atoms with E-state index in [9.17, 15) is 8.42 Å². The Bertz CT molecular complexity index is 533. The van der Waals surface area contributed by atoms with Gasteiger partial charge in [-0.2, -0.15) is 0 Å². The van der Waals surface area contributed by atoms with Crippen molar-refractivity contribution in [2.45, 2.75) is 24.2 Å². The summed E-state index contributed by atoms with van der Waals surface area (Å²) in [6.07, 6.45) is 1.60. The minimum Gasteiger partial charge on any atom is -0.375 e. The smallest absolute Gasteiger partial charge is 0.215 e. The molecular formula is C15H24N2O3S. The lowest BCUT2D eigenvalue weighted by atomic mass is 10.1. The molecule has 1 fully saturated rings. The van der Waals surface area contributed by atoms with Crippen LogP contribution in [-0.2, 0) is 14.8 Å². The molecule has 1 aromatic carbocycles. The molecule has 2 rings (SSSR count). The Morgan fingerprint density at radius 3 is 2.71 bits per heavy atom. The lowest BCUT2D eigenvalue weighted by molar-refractivity contribution is 0.0574. The van der Waals surface area contributed by atoms with Crippen LogP contribution < -0.4 is 4.72 Å². The molecule has 0 radical (unpaired) electrons. The van der Waals surface area contributed by atoms with Gasteiger partial charge in [0.15, 0.2) is 0 Å². The molecule has 6 heteroatoms. The number of likely N-dealkylation sites (tertiary alicyclic amines) is 1. The highest BCUT2D eigenvalue weighted by Gasteiger charge is 2.30. The molecule has 0 saturated carbocycles. The molecule has 2 atom stereocenters. The first kappa shape index (κ1) is 16.4. The number of nitrogens with zero attached hydrogens (tertiary/aromatic N) is 1. The first-order chi connectivity index (χ1) is 10.1.